The summed E-state index contributed by atoms with van der Waals surface area (Å²) in [5.41, 5.74) is 17.2. The number of anilines is 2. The Morgan fingerprint density at radius 2 is 1.78 bits per heavy atom. The molecule has 6 heterocycles. The summed E-state index contributed by atoms with van der Waals surface area (Å²) in [4.78, 5) is 91.1. The monoisotopic (exact) mass is 1170 g/mol. The van der Waals surface area contributed by atoms with E-state index in [1.54, 1.807) is 11.9 Å². The van der Waals surface area contributed by atoms with E-state index in [4.69, 9.17) is 19.9 Å². The number of aryl methyl sites for hydroxylation is 1. The zero-order valence-corrected chi connectivity index (χ0v) is 49.1. The van der Waals surface area contributed by atoms with Gasteiger partial charge in [0.1, 0.15) is 19.3 Å². The number of aromatic nitrogens is 3. The minimum absolute atomic E-state index is 0.00951. The predicted molar refractivity (Wildman–Crippen MR) is 302 cm³/mol. The van der Waals surface area contributed by atoms with Gasteiger partial charge in [0.25, 0.3) is 19.3 Å². The number of nitrogen functional groups attached to an aromatic ring is 1. The number of hydrogen-bond donors (Lipinski definition) is 6. The molecular formula is C56H69N8O14P3. The molecule has 5 aliphatic rings. The molecule has 4 unspecified atom stereocenters. The lowest BCUT2D eigenvalue weighted by Gasteiger charge is -2.48. The van der Waals surface area contributed by atoms with Crippen molar-refractivity contribution in [3.63, 3.8) is 0 Å². The van der Waals surface area contributed by atoms with Crippen LogP contribution < -0.4 is 41.6 Å². The van der Waals surface area contributed by atoms with Crippen LogP contribution in [0, 0.1) is 11.8 Å². The Labute approximate surface area is 468 Å². The van der Waals surface area contributed by atoms with Gasteiger partial charge in [-0.15, -0.1) is 0 Å². The van der Waals surface area contributed by atoms with Gasteiger partial charge in [0, 0.05) is 78.9 Å². The second-order valence-electron chi connectivity index (χ2n) is 22.8. The van der Waals surface area contributed by atoms with Crippen molar-refractivity contribution in [2.24, 2.45) is 0 Å². The lowest BCUT2D eigenvalue weighted by atomic mass is 9.64. The van der Waals surface area contributed by atoms with E-state index in [0.717, 1.165) is 62.9 Å². The summed E-state index contributed by atoms with van der Waals surface area (Å²) in [6.45, 7) is 16.7. The second kappa shape index (κ2) is 22.1. The normalized spacial score (nSPS) is 21.8. The van der Waals surface area contributed by atoms with Crippen molar-refractivity contribution in [2.45, 2.75) is 129 Å². The molecule has 22 nitrogen and oxygen atoms in total. The van der Waals surface area contributed by atoms with E-state index in [0.29, 0.717) is 24.4 Å². The number of hydrogen-bond acceptors (Lipinski definition) is 14. The van der Waals surface area contributed by atoms with E-state index in [1.807, 2.05) is 18.2 Å². The first kappa shape index (κ1) is 58.4. The number of phosphoric ester groups is 1. The van der Waals surface area contributed by atoms with E-state index >= 15 is 0 Å². The molecule has 2 aromatic heterocycles. The minimum atomic E-state index is -5.83. The number of phosphoric acid groups is 3. The first-order chi connectivity index (χ1) is 38.2. The first-order valence-corrected chi connectivity index (χ1v) is 31.9. The van der Waals surface area contributed by atoms with Gasteiger partial charge in [-0.05, 0) is 128 Å². The van der Waals surface area contributed by atoms with Crippen LogP contribution in [0.2, 0.25) is 0 Å². The van der Waals surface area contributed by atoms with Crippen molar-refractivity contribution >= 4 is 63.5 Å². The number of ether oxygens (including phenoxy) is 1. The highest BCUT2D eigenvalue weighted by molar-refractivity contribution is 7.66. The topological polar surface area (TPSA) is 304 Å². The summed E-state index contributed by atoms with van der Waals surface area (Å²) in [6.07, 6.45) is 5.96. The lowest BCUT2D eigenvalue weighted by molar-refractivity contribution is -0.212. The molecule has 1 saturated heterocycles. The molecule has 0 saturated carbocycles. The first-order valence-electron chi connectivity index (χ1n) is 27.4. The fourth-order valence-corrected chi connectivity index (χ4v) is 16.2. The molecule has 1 fully saturated rings. The molecule has 6 atom stereocenters. The Morgan fingerprint density at radius 3 is 2.52 bits per heavy atom. The van der Waals surface area contributed by atoms with E-state index < -0.39 is 48.0 Å². The van der Waals surface area contributed by atoms with Gasteiger partial charge in [0.15, 0.2) is 5.65 Å². The molecule has 2 amide bonds. The fraction of sp³-hybridized carbons (Fsp3) is 0.482. The summed E-state index contributed by atoms with van der Waals surface area (Å²) in [5, 5.41) is 5.52. The van der Waals surface area contributed by atoms with Crippen molar-refractivity contribution in [1.29, 1.82) is 0 Å². The van der Waals surface area contributed by atoms with E-state index in [-0.39, 0.29) is 71.1 Å². The summed E-state index contributed by atoms with van der Waals surface area (Å²) in [7, 11) is -15.3. The number of benzene rings is 3. The van der Waals surface area contributed by atoms with Crippen molar-refractivity contribution in [3.05, 3.63) is 120 Å². The molecule has 4 aliphatic heterocycles. The Morgan fingerprint density at radius 1 is 1.04 bits per heavy atom. The number of carbonyl (C=O) groups excluding carboxylic acids is 2. The number of rotatable bonds is 16. The summed E-state index contributed by atoms with van der Waals surface area (Å²) < 4.78 is 57.0. The van der Waals surface area contributed by atoms with Crippen LogP contribution in [0.3, 0.4) is 0 Å². The fourth-order valence-electron chi connectivity index (χ4n) is 13.2. The van der Waals surface area contributed by atoms with Gasteiger partial charge in [0.2, 0.25) is 17.2 Å². The maximum Gasteiger partial charge on any atom is 0.487 e. The molecule has 7 N–H and O–H groups in total. The van der Waals surface area contributed by atoms with Crippen LogP contribution in [0.4, 0.5) is 11.6 Å². The smallest absolute Gasteiger partial charge is 0.487 e. The van der Waals surface area contributed by atoms with Gasteiger partial charge in [-0.1, -0.05) is 50.8 Å². The number of H-pyrrole nitrogens is 1. The molecule has 0 radical (unpaired) electrons. The molecule has 0 bridgehead atoms. The third kappa shape index (κ3) is 11.7. The van der Waals surface area contributed by atoms with Gasteiger partial charge in [-0.2, -0.15) is 9.29 Å². The van der Waals surface area contributed by atoms with Crippen LogP contribution >= 0.6 is 23.5 Å². The highest BCUT2D eigenvalue weighted by Gasteiger charge is 2.44. The maximum atomic E-state index is 14.9. The highest BCUT2D eigenvalue weighted by Crippen LogP contribution is 2.65. The van der Waals surface area contributed by atoms with Crippen LogP contribution in [-0.4, -0.2) is 104 Å². The van der Waals surface area contributed by atoms with Crippen LogP contribution in [0.1, 0.15) is 153 Å². The van der Waals surface area contributed by atoms with Crippen LogP contribution in [0.15, 0.2) is 53.5 Å². The van der Waals surface area contributed by atoms with Gasteiger partial charge in [-0.3, -0.25) is 28.5 Å². The SMILES string of the molecule is CCN1c2cc3c(cc2C(C)CC1(C)C)C(c1ccccc1C(=O)N(C)CCCC(=O)NCC#Cc1cn([C@H]2CC[C@@H](COP(=O)(O)OP(=O)(O)OP(=O)([O-])O)O2)c2nc(N)[nH]c(=O)c12)=c1cc2c4c(c1C3(C)C)CCC[N+]=4CCC2. The van der Waals surface area contributed by atoms with Gasteiger partial charge >= 0.3 is 15.6 Å². The average Bonchev–Trinajstić information content (AvgIpc) is 4.22. The predicted octanol–water partition coefficient (Wildman–Crippen LogP) is 5.10. The lowest BCUT2D eigenvalue weighted by Crippen LogP contribution is -2.50. The zero-order chi connectivity index (χ0) is 58.1. The third-order valence-electron chi connectivity index (χ3n) is 16.4. The number of nitrogens with two attached hydrogens (primary N) is 1. The Kier molecular flexibility index (Phi) is 15.9. The number of carbonyl (C=O) groups is 2. The Bertz CT molecular complexity index is 3820. The highest BCUT2D eigenvalue weighted by atomic mass is 31.3. The quantitative estimate of drug-likeness (QED) is 0.0425. The van der Waals surface area contributed by atoms with Gasteiger partial charge in [-0.25, -0.2) is 18.0 Å². The van der Waals surface area contributed by atoms with Crippen molar-refractivity contribution in [1.82, 2.24) is 29.3 Å². The Hall–Kier alpha value is -5.78. The summed E-state index contributed by atoms with van der Waals surface area (Å²) >= 11 is 0. The number of nitrogens with one attached hydrogen (secondary N) is 2. The molecule has 10 rings (SSSR count). The number of nitrogens with zero attached hydrogens (tertiary/aromatic N) is 5. The third-order valence-corrected chi connectivity index (χ3v) is 20.2. The number of aromatic amines is 1. The molecular weight excluding hydrogens is 1100 g/mol. The molecule has 0 spiro atoms. The van der Waals surface area contributed by atoms with Crippen molar-refractivity contribution in [3.8, 4) is 11.8 Å². The molecule has 5 aromatic rings. The largest absolute Gasteiger partial charge is 0.756 e. The van der Waals surface area contributed by atoms with E-state index in [9.17, 15) is 42.8 Å². The van der Waals surface area contributed by atoms with Gasteiger partial charge in [0.05, 0.1) is 30.2 Å². The number of amides is 2. The standard InChI is InChI=1S/C56H69N8O14P3/c1-8-64-44-29-43-41(28-40(44)33(2)30-55(64,3)4)48(42-27-34-16-12-25-62-26-13-19-39(50(34)62)49(42)56(43,5)6)37-17-9-10-18-38(37)53(67)61(7)24-14-20-45(65)58-23-11-15-35-31-63(51-47(35)52(66)60-54(57)59-51)46-22-21-36(76-46)32-75-80(71,72)78-81(73,74)77-79(68,69)70/h9-10,17-18,27-29,31,33,36,46H,8,12-14,16,19-26,30,32H2,1-7H3,(H7-,57,58,59,60,65,66,68,69,70,71,72,73,74)/t33?,36-,46+/m0/s1. The maximum absolute atomic E-state index is 14.9. The minimum Gasteiger partial charge on any atom is -0.756 e. The van der Waals surface area contributed by atoms with Crippen molar-refractivity contribution in [2.75, 3.05) is 57.0 Å². The summed E-state index contributed by atoms with van der Waals surface area (Å²) in [6, 6.07) is 15.4. The molecule has 1 aliphatic carbocycles. The van der Waals surface area contributed by atoms with Gasteiger partial charge < -0.3 is 49.7 Å². The van der Waals surface area contributed by atoms with E-state index in [2.05, 4.69) is 111 Å². The summed E-state index contributed by atoms with van der Waals surface area (Å²) in [5.74, 6) is 5.50. The molecule has 3 aromatic carbocycles. The Balaban J connectivity index is 0.841. The molecule has 25 heteroatoms. The van der Waals surface area contributed by atoms with Crippen LogP contribution in [0.5, 0.6) is 0 Å². The number of fused-ring (bicyclic) bond motifs is 5. The second-order valence-corrected chi connectivity index (χ2v) is 27.2. The zero-order valence-electron chi connectivity index (χ0n) is 46.4. The average molecular weight is 1170 g/mol. The van der Waals surface area contributed by atoms with Crippen molar-refractivity contribution < 1.29 is 60.7 Å². The van der Waals surface area contributed by atoms with Crippen LogP contribution in [0.25, 0.3) is 16.6 Å². The molecule has 432 valence electrons. The van der Waals surface area contributed by atoms with Crippen LogP contribution in [-0.2, 0) is 54.6 Å². The molecule has 81 heavy (non-hydrogen) atoms. The van der Waals surface area contributed by atoms with E-state index in [1.165, 1.54) is 60.4 Å².